The Balaban J connectivity index is 0.0000122. The fraction of sp³-hybridized carbons (Fsp3) is 1.00. The molecule has 1 heterocycles. The second-order valence-electron chi connectivity index (χ2n) is 12.1. The highest BCUT2D eigenvalue weighted by Gasteiger charge is 2.42. The summed E-state index contributed by atoms with van der Waals surface area (Å²) in [5.74, 6) is 0. The maximum Gasteiger partial charge on any atom is 0.134 e. The number of hydrogen-bond donors (Lipinski definition) is 2. The van der Waals surface area contributed by atoms with E-state index in [1.165, 1.54) is 154 Å². The van der Waals surface area contributed by atoms with Gasteiger partial charge in [-0.15, -0.1) is 0 Å². The number of aliphatic hydroxyl groups is 2. The Morgan fingerprint density at radius 1 is 0.417 bits per heavy atom. The molecule has 0 radical (unpaired) electrons. The Labute approximate surface area is 233 Å². The molecule has 3 nitrogen and oxygen atoms in total. The Bertz CT molecular complexity index is 408. The van der Waals surface area contributed by atoms with Crippen molar-refractivity contribution < 1.29 is 27.1 Å². The molecular weight excluding hydrogens is 466 g/mol. The number of halogens is 1. The number of unbranched alkanes of at least 4 members (excludes halogenated alkanes) is 22. The van der Waals surface area contributed by atoms with E-state index in [9.17, 15) is 10.2 Å². The van der Waals surface area contributed by atoms with Gasteiger partial charge < -0.3 is 27.1 Å². The molecule has 1 rings (SSSR count). The summed E-state index contributed by atoms with van der Waals surface area (Å²) in [5, 5.41) is 20.5. The molecule has 0 saturated carbocycles. The zero-order valence-electron chi connectivity index (χ0n) is 24.7. The molecule has 1 aliphatic rings. The van der Waals surface area contributed by atoms with E-state index in [2.05, 4.69) is 13.8 Å². The molecular formula is C32H66ClNO2. The molecule has 0 aromatic heterocycles. The maximum atomic E-state index is 10.3. The molecule has 1 aliphatic heterocycles. The van der Waals surface area contributed by atoms with Gasteiger partial charge in [-0.05, 0) is 25.7 Å². The largest absolute Gasteiger partial charge is 1.00 e. The number of rotatable bonds is 26. The predicted molar refractivity (Wildman–Crippen MR) is 154 cm³/mol. The van der Waals surface area contributed by atoms with E-state index >= 15 is 0 Å². The molecule has 2 atom stereocenters. The van der Waals surface area contributed by atoms with E-state index in [1.54, 1.807) is 0 Å². The van der Waals surface area contributed by atoms with Gasteiger partial charge >= 0.3 is 0 Å². The van der Waals surface area contributed by atoms with Crippen molar-refractivity contribution in [2.24, 2.45) is 0 Å². The standard InChI is InChI=1S/C32H66NO2.ClH/c1-3-5-7-9-11-13-15-17-19-21-23-25-27-33(29-31(34)32(35)30-33)28-26-24-22-20-18-16-14-12-10-8-6-4-2;/h31-32,34-35H,3-30H2,1-2H3;1H/q+1;/p-1. The summed E-state index contributed by atoms with van der Waals surface area (Å²) in [6.07, 6.45) is 32.3. The smallest absolute Gasteiger partial charge is 0.134 e. The topological polar surface area (TPSA) is 40.5 Å². The first-order chi connectivity index (χ1) is 17.1. The second-order valence-corrected chi connectivity index (χ2v) is 12.1. The average Bonchev–Trinajstić information content (AvgIpc) is 3.13. The highest BCUT2D eigenvalue weighted by Crippen LogP contribution is 2.24. The van der Waals surface area contributed by atoms with Crippen LogP contribution < -0.4 is 12.4 Å². The van der Waals surface area contributed by atoms with Crippen molar-refractivity contribution in [1.29, 1.82) is 0 Å². The molecule has 0 aliphatic carbocycles. The third kappa shape index (κ3) is 19.3. The van der Waals surface area contributed by atoms with Crippen molar-refractivity contribution in [3.63, 3.8) is 0 Å². The molecule has 1 fully saturated rings. The van der Waals surface area contributed by atoms with Gasteiger partial charge in [-0.25, -0.2) is 0 Å². The lowest BCUT2D eigenvalue weighted by molar-refractivity contribution is -0.919. The van der Waals surface area contributed by atoms with Gasteiger partial charge in [0, 0.05) is 0 Å². The SMILES string of the molecule is CCCCCCCCCCCCCC[N+]1(CCCCCCCCCCCCCC)CC(O)C(O)C1.[Cl-]. The highest BCUT2D eigenvalue weighted by molar-refractivity contribution is 4.75. The van der Waals surface area contributed by atoms with Crippen LogP contribution in [-0.4, -0.2) is 53.1 Å². The molecule has 0 bridgehead atoms. The predicted octanol–water partition coefficient (Wildman–Crippen LogP) is 5.94. The lowest BCUT2D eigenvalue weighted by Gasteiger charge is -2.34. The van der Waals surface area contributed by atoms with Crippen LogP contribution >= 0.6 is 0 Å². The van der Waals surface area contributed by atoms with Crippen molar-refractivity contribution in [1.82, 2.24) is 0 Å². The Morgan fingerprint density at radius 2 is 0.639 bits per heavy atom. The zero-order valence-corrected chi connectivity index (χ0v) is 25.4. The minimum atomic E-state index is -0.510. The third-order valence-corrected chi connectivity index (χ3v) is 8.56. The molecule has 0 amide bonds. The lowest BCUT2D eigenvalue weighted by atomic mass is 10.0. The minimum Gasteiger partial charge on any atom is -1.00 e. The number of aliphatic hydroxyl groups excluding tert-OH is 2. The van der Waals surface area contributed by atoms with Gasteiger partial charge in [0.25, 0.3) is 0 Å². The van der Waals surface area contributed by atoms with E-state index < -0.39 is 12.2 Å². The maximum absolute atomic E-state index is 10.3. The van der Waals surface area contributed by atoms with Crippen LogP contribution in [0.2, 0.25) is 0 Å². The first kappa shape index (κ1) is 36.2. The first-order valence-electron chi connectivity index (χ1n) is 16.3. The summed E-state index contributed by atoms with van der Waals surface area (Å²) in [4.78, 5) is 0. The Hall–Kier alpha value is 0.170. The van der Waals surface area contributed by atoms with Crippen LogP contribution in [-0.2, 0) is 0 Å². The summed E-state index contributed by atoms with van der Waals surface area (Å²) in [6.45, 7) is 8.44. The van der Waals surface area contributed by atoms with E-state index in [4.69, 9.17) is 0 Å². The van der Waals surface area contributed by atoms with Crippen molar-refractivity contribution in [3.8, 4) is 0 Å². The molecule has 0 aromatic carbocycles. The van der Waals surface area contributed by atoms with Crippen LogP contribution in [0.25, 0.3) is 0 Å². The molecule has 1 saturated heterocycles. The molecule has 4 heteroatoms. The third-order valence-electron chi connectivity index (χ3n) is 8.56. The summed E-state index contributed by atoms with van der Waals surface area (Å²) >= 11 is 0. The number of likely N-dealkylation sites (tertiary alicyclic amines) is 1. The van der Waals surface area contributed by atoms with E-state index in [-0.39, 0.29) is 12.4 Å². The normalized spacial score (nSPS) is 19.0. The van der Waals surface area contributed by atoms with Gasteiger partial charge in [-0.1, -0.05) is 142 Å². The number of hydrogen-bond acceptors (Lipinski definition) is 2. The minimum absolute atomic E-state index is 0. The molecule has 2 unspecified atom stereocenters. The van der Waals surface area contributed by atoms with Gasteiger partial charge in [0.2, 0.25) is 0 Å². The van der Waals surface area contributed by atoms with Crippen LogP contribution in [0.5, 0.6) is 0 Å². The van der Waals surface area contributed by atoms with Crippen LogP contribution in [0.4, 0.5) is 0 Å². The fourth-order valence-corrected chi connectivity index (χ4v) is 6.16. The van der Waals surface area contributed by atoms with Crippen molar-refractivity contribution >= 4 is 0 Å². The van der Waals surface area contributed by atoms with Crippen LogP contribution in [0.15, 0.2) is 0 Å². The molecule has 2 N–H and O–H groups in total. The molecule has 0 aromatic rings. The Morgan fingerprint density at radius 3 is 0.889 bits per heavy atom. The van der Waals surface area contributed by atoms with E-state index in [0.717, 1.165) is 30.7 Å². The van der Waals surface area contributed by atoms with E-state index in [1.807, 2.05) is 0 Å². The Kier molecular flexibility index (Phi) is 25.6. The first-order valence-corrected chi connectivity index (χ1v) is 16.3. The van der Waals surface area contributed by atoms with Crippen molar-refractivity contribution in [2.75, 3.05) is 26.2 Å². The van der Waals surface area contributed by atoms with Gasteiger partial charge in [-0.3, -0.25) is 0 Å². The quantitative estimate of drug-likeness (QED) is 0.107. The number of nitrogens with zero attached hydrogens (tertiary/aromatic N) is 1. The van der Waals surface area contributed by atoms with Crippen molar-refractivity contribution in [2.45, 2.75) is 180 Å². The summed E-state index contributed by atoms with van der Waals surface area (Å²) < 4.78 is 0.970. The second kappa shape index (κ2) is 25.4. The zero-order chi connectivity index (χ0) is 25.5. The van der Waals surface area contributed by atoms with Crippen LogP contribution in [0, 0.1) is 0 Å². The van der Waals surface area contributed by atoms with Gasteiger partial charge in [0.15, 0.2) is 0 Å². The monoisotopic (exact) mass is 531 g/mol. The van der Waals surface area contributed by atoms with Crippen LogP contribution in [0.1, 0.15) is 168 Å². The number of quaternary nitrogens is 1. The summed E-state index contributed by atoms with van der Waals surface area (Å²) in [7, 11) is 0. The van der Waals surface area contributed by atoms with Gasteiger partial charge in [0.05, 0.1) is 13.1 Å². The fourth-order valence-electron chi connectivity index (χ4n) is 6.16. The molecule has 0 spiro atoms. The molecule has 36 heavy (non-hydrogen) atoms. The van der Waals surface area contributed by atoms with Crippen LogP contribution in [0.3, 0.4) is 0 Å². The lowest BCUT2D eigenvalue weighted by Crippen LogP contribution is -3.00. The molecule has 218 valence electrons. The van der Waals surface area contributed by atoms with Gasteiger partial charge in [-0.2, -0.15) is 0 Å². The summed E-state index contributed by atoms with van der Waals surface area (Å²) in [6, 6.07) is 0. The van der Waals surface area contributed by atoms with Gasteiger partial charge in [0.1, 0.15) is 25.3 Å². The van der Waals surface area contributed by atoms with E-state index in [0.29, 0.717) is 0 Å². The summed E-state index contributed by atoms with van der Waals surface area (Å²) in [5.41, 5.74) is 0. The van der Waals surface area contributed by atoms with Crippen molar-refractivity contribution in [3.05, 3.63) is 0 Å². The average molecular weight is 532 g/mol. The highest BCUT2D eigenvalue weighted by atomic mass is 35.5.